The molecule has 6 heteroatoms. The second kappa shape index (κ2) is 6.00. The number of anilines is 2. The van der Waals surface area contributed by atoms with Crippen molar-refractivity contribution >= 4 is 17.3 Å². The number of benzene rings is 1. The Morgan fingerprint density at radius 1 is 1.25 bits per heavy atom. The molecule has 1 aliphatic rings. The number of hydrogen-bond donors (Lipinski definition) is 1. The highest BCUT2D eigenvalue weighted by atomic mass is 16.5. The van der Waals surface area contributed by atoms with Crippen molar-refractivity contribution in [3.63, 3.8) is 0 Å². The maximum atomic E-state index is 12.1. The molecule has 2 rings (SSSR count). The minimum Gasteiger partial charge on any atom is -0.493 e. The van der Waals surface area contributed by atoms with Gasteiger partial charge in [-0.25, -0.2) is 0 Å². The highest BCUT2D eigenvalue weighted by molar-refractivity contribution is 6.03. The van der Waals surface area contributed by atoms with Crippen molar-refractivity contribution in [1.29, 1.82) is 0 Å². The lowest BCUT2D eigenvalue weighted by Crippen LogP contribution is -2.43. The normalized spacial score (nSPS) is 14.1. The summed E-state index contributed by atoms with van der Waals surface area (Å²) in [7, 11) is 7.17. The van der Waals surface area contributed by atoms with Crippen LogP contribution in [-0.4, -0.2) is 58.8 Å². The number of nitrogens with zero attached hydrogens (tertiary/aromatic N) is 2. The molecular formula is C14H21N3O3. The van der Waals surface area contributed by atoms with Gasteiger partial charge in [-0.05, 0) is 14.1 Å². The van der Waals surface area contributed by atoms with Crippen molar-refractivity contribution in [3.8, 4) is 11.5 Å². The van der Waals surface area contributed by atoms with E-state index in [4.69, 9.17) is 9.47 Å². The molecule has 0 spiro atoms. The lowest BCUT2D eigenvalue weighted by molar-refractivity contribution is -0.117. The van der Waals surface area contributed by atoms with Gasteiger partial charge in [-0.3, -0.25) is 4.79 Å². The average Bonchev–Trinajstić information content (AvgIpc) is 2.44. The smallest absolute Gasteiger partial charge is 0.246 e. The van der Waals surface area contributed by atoms with E-state index in [0.717, 1.165) is 17.9 Å². The summed E-state index contributed by atoms with van der Waals surface area (Å²) in [5.41, 5.74) is 1.72. The van der Waals surface area contributed by atoms with Crippen molar-refractivity contribution < 1.29 is 14.3 Å². The predicted molar refractivity (Wildman–Crippen MR) is 78.9 cm³/mol. The van der Waals surface area contributed by atoms with E-state index in [1.165, 1.54) is 0 Å². The van der Waals surface area contributed by atoms with Crippen LogP contribution in [-0.2, 0) is 4.79 Å². The first-order valence-corrected chi connectivity index (χ1v) is 6.51. The lowest BCUT2D eigenvalue weighted by Gasteiger charge is -2.31. The summed E-state index contributed by atoms with van der Waals surface area (Å²) < 4.78 is 10.6. The Morgan fingerprint density at radius 2 is 1.90 bits per heavy atom. The van der Waals surface area contributed by atoms with Crippen molar-refractivity contribution in [1.82, 2.24) is 4.90 Å². The van der Waals surface area contributed by atoms with Gasteiger partial charge in [0.25, 0.3) is 0 Å². The number of ether oxygens (including phenoxy) is 2. The summed E-state index contributed by atoms with van der Waals surface area (Å²) in [5.74, 6) is 1.34. The van der Waals surface area contributed by atoms with Crippen molar-refractivity contribution in [2.45, 2.75) is 0 Å². The molecule has 1 aromatic rings. The number of hydrogen-bond acceptors (Lipinski definition) is 5. The number of rotatable bonds is 5. The quantitative estimate of drug-likeness (QED) is 0.872. The molecule has 1 aliphatic heterocycles. The molecule has 0 atom stereocenters. The summed E-state index contributed by atoms with van der Waals surface area (Å²) in [5, 5.41) is 3.12. The zero-order valence-corrected chi connectivity index (χ0v) is 12.4. The zero-order chi connectivity index (χ0) is 14.7. The van der Waals surface area contributed by atoms with Gasteiger partial charge in [0.05, 0.1) is 32.1 Å². The number of likely N-dealkylation sites (N-methyl/N-ethyl adjacent to an activating group) is 1. The van der Waals surface area contributed by atoms with Gasteiger partial charge >= 0.3 is 0 Å². The second-order valence-corrected chi connectivity index (χ2v) is 4.93. The van der Waals surface area contributed by atoms with Crippen molar-refractivity contribution in [2.24, 2.45) is 0 Å². The Hall–Kier alpha value is -1.95. The Morgan fingerprint density at radius 3 is 2.50 bits per heavy atom. The molecule has 1 aromatic carbocycles. The van der Waals surface area contributed by atoms with Crippen LogP contribution in [0.3, 0.4) is 0 Å². The molecule has 1 heterocycles. The standard InChI is InChI=1S/C14H21N3O3/c1-16(2)5-6-17-11-8-13(20-4)12(19-3)7-10(11)15-9-14(17)18/h7-8,15H,5-6,9H2,1-4H3. The highest BCUT2D eigenvalue weighted by Crippen LogP contribution is 2.39. The van der Waals surface area contributed by atoms with E-state index in [1.807, 2.05) is 26.2 Å². The molecule has 110 valence electrons. The second-order valence-electron chi connectivity index (χ2n) is 4.93. The molecule has 0 aliphatic carbocycles. The maximum absolute atomic E-state index is 12.1. The zero-order valence-electron chi connectivity index (χ0n) is 12.4. The Balaban J connectivity index is 2.36. The minimum atomic E-state index is 0.0616. The van der Waals surface area contributed by atoms with Gasteiger partial charge in [0.1, 0.15) is 0 Å². The van der Waals surface area contributed by atoms with Gasteiger partial charge < -0.3 is 24.6 Å². The third-order valence-electron chi connectivity index (χ3n) is 3.29. The van der Waals surface area contributed by atoms with Gasteiger partial charge in [-0.1, -0.05) is 0 Å². The number of amides is 1. The molecule has 6 nitrogen and oxygen atoms in total. The van der Waals surface area contributed by atoms with Crippen LogP contribution in [0.1, 0.15) is 0 Å². The van der Waals surface area contributed by atoms with Crippen LogP contribution in [0.4, 0.5) is 11.4 Å². The van der Waals surface area contributed by atoms with E-state index in [2.05, 4.69) is 10.2 Å². The molecule has 0 saturated carbocycles. The number of carbonyl (C=O) groups is 1. The van der Waals surface area contributed by atoms with Crippen LogP contribution in [0.25, 0.3) is 0 Å². The molecule has 0 radical (unpaired) electrons. The number of fused-ring (bicyclic) bond motifs is 1. The minimum absolute atomic E-state index is 0.0616. The van der Waals surface area contributed by atoms with Crippen LogP contribution < -0.4 is 19.7 Å². The Kier molecular flexibility index (Phi) is 4.34. The van der Waals surface area contributed by atoms with E-state index >= 15 is 0 Å². The SMILES string of the molecule is COc1cc2c(cc1OC)N(CCN(C)C)C(=O)CN2. The monoisotopic (exact) mass is 279 g/mol. The summed E-state index contributed by atoms with van der Waals surface area (Å²) in [6.45, 7) is 1.76. The molecule has 0 aromatic heterocycles. The van der Waals surface area contributed by atoms with Crippen LogP contribution in [0.15, 0.2) is 12.1 Å². The first-order chi connectivity index (χ1) is 9.56. The van der Waals surface area contributed by atoms with E-state index < -0.39 is 0 Å². The van der Waals surface area contributed by atoms with Gasteiger partial charge in [0.2, 0.25) is 5.91 Å². The lowest BCUT2D eigenvalue weighted by atomic mass is 10.1. The number of methoxy groups -OCH3 is 2. The number of nitrogens with one attached hydrogen (secondary N) is 1. The van der Waals surface area contributed by atoms with Gasteiger partial charge in [0.15, 0.2) is 11.5 Å². The summed E-state index contributed by atoms with van der Waals surface area (Å²) >= 11 is 0. The molecule has 0 unspecified atom stereocenters. The van der Waals surface area contributed by atoms with Gasteiger partial charge in [0, 0.05) is 25.2 Å². The third kappa shape index (κ3) is 2.80. The Labute approximate surface area is 119 Å². The van der Waals surface area contributed by atoms with Gasteiger partial charge in [-0.15, -0.1) is 0 Å². The Bertz CT molecular complexity index is 503. The average molecular weight is 279 g/mol. The first kappa shape index (κ1) is 14.5. The largest absolute Gasteiger partial charge is 0.493 e. The maximum Gasteiger partial charge on any atom is 0.246 e. The third-order valence-corrected chi connectivity index (χ3v) is 3.29. The fourth-order valence-corrected chi connectivity index (χ4v) is 2.18. The molecule has 0 bridgehead atoms. The van der Waals surface area contributed by atoms with Crippen LogP contribution in [0.5, 0.6) is 11.5 Å². The van der Waals surface area contributed by atoms with Crippen LogP contribution in [0.2, 0.25) is 0 Å². The summed E-state index contributed by atoms with van der Waals surface area (Å²) in [4.78, 5) is 15.9. The molecule has 1 N–H and O–H groups in total. The van der Waals surface area contributed by atoms with E-state index in [9.17, 15) is 4.79 Å². The molecule has 1 amide bonds. The molecule has 0 fully saturated rings. The topological polar surface area (TPSA) is 54.0 Å². The van der Waals surface area contributed by atoms with Crippen molar-refractivity contribution in [3.05, 3.63) is 12.1 Å². The highest BCUT2D eigenvalue weighted by Gasteiger charge is 2.25. The van der Waals surface area contributed by atoms with Gasteiger partial charge in [-0.2, -0.15) is 0 Å². The molecular weight excluding hydrogens is 258 g/mol. The fourth-order valence-electron chi connectivity index (χ4n) is 2.18. The van der Waals surface area contributed by atoms with Crippen LogP contribution >= 0.6 is 0 Å². The van der Waals surface area contributed by atoms with Crippen LogP contribution in [0, 0.1) is 0 Å². The number of carbonyl (C=O) groups excluding carboxylic acids is 1. The van der Waals surface area contributed by atoms with E-state index in [1.54, 1.807) is 19.1 Å². The molecule has 0 saturated heterocycles. The van der Waals surface area contributed by atoms with E-state index in [0.29, 0.717) is 24.6 Å². The summed E-state index contributed by atoms with van der Waals surface area (Å²) in [6, 6.07) is 3.71. The fraction of sp³-hybridized carbons (Fsp3) is 0.500. The summed E-state index contributed by atoms with van der Waals surface area (Å²) in [6.07, 6.45) is 0. The van der Waals surface area contributed by atoms with E-state index in [-0.39, 0.29) is 5.91 Å². The van der Waals surface area contributed by atoms with Crippen molar-refractivity contribution in [2.75, 3.05) is 58.2 Å². The molecule has 20 heavy (non-hydrogen) atoms. The first-order valence-electron chi connectivity index (χ1n) is 6.51. The predicted octanol–water partition coefficient (Wildman–Crippen LogP) is 1.02.